The molecule has 1 aromatic carbocycles. The van der Waals surface area contributed by atoms with Crippen molar-refractivity contribution in [2.75, 3.05) is 46.4 Å². The normalized spacial score (nSPS) is 23.2. The number of rotatable bonds is 5. The largest absolute Gasteiger partial charge is 0.444 e. The monoisotopic (exact) mass is 499 g/mol. The fourth-order valence-electron chi connectivity index (χ4n) is 5.17. The van der Waals surface area contributed by atoms with E-state index < -0.39 is 17.3 Å². The van der Waals surface area contributed by atoms with Gasteiger partial charge in [0.2, 0.25) is 0 Å². The summed E-state index contributed by atoms with van der Waals surface area (Å²) in [6.07, 6.45) is -2.85. The highest BCUT2D eigenvalue weighted by atomic mass is 19.4. The molecule has 2 aliphatic heterocycles. The molecule has 1 aromatic rings. The predicted molar refractivity (Wildman–Crippen MR) is 129 cm³/mol. The maximum atomic E-state index is 13.0. The Bertz CT molecular complexity index is 846. The van der Waals surface area contributed by atoms with Crippen LogP contribution >= 0.6 is 0 Å². The topological polar surface area (TPSA) is 45.2 Å². The molecule has 198 valence electrons. The van der Waals surface area contributed by atoms with E-state index in [4.69, 9.17) is 9.47 Å². The third-order valence-electron chi connectivity index (χ3n) is 7.28. The quantitative estimate of drug-likeness (QED) is 0.558. The summed E-state index contributed by atoms with van der Waals surface area (Å²) in [4.78, 5) is 19.1. The van der Waals surface area contributed by atoms with E-state index >= 15 is 0 Å². The Labute approximate surface area is 207 Å². The molecule has 35 heavy (non-hydrogen) atoms. The summed E-state index contributed by atoms with van der Waals surface area (Å²) >= 11 is 0. The molecule has 2 fully saturated rings. The van der Waals surface area contributed by atoms with Crippen LogP contribution in [0, 0.1) is 0 Å². The number of alkyl halides is 3. The fourth-order valence-corrected chi connectivity index (χ4v) is 5.17. The Kier molecular flexibility index (Phi) is 8.44. The van der Waals surface area contributed by atoms with Crippen LogP contribution in [0.3, 0.4) is 0 Å². The molecule has 0 bridgehead atoms. The van der Waals surface area contributed by atoms with Crippen LogP contribution in [0.1, 0.15) is 64.6 Å². The Morgan fingerprint density at radius 3 is 2.17 bits per heavy atom. The number of carbonyl (C=O) groups excluding carboxylic acids is 1. The second-order valence-electron chi connectivity index (χ2n) is 11.1. The number of benzene rings is 1. The molecule has 0 aromatic heterocycles. The summed E-state index contributed by atoms with van der Waals surface area (Å²) in [5.41, 5.74) is -0.322. The van der Waals surface area contributed by atoms with Crippen LogP contribution in [0.4, 0.5) is 18.0 Å². The molecule has 2 atom stereocenters. The van der Waals surface area contributed by atoms with E-state index in [1.807, 2.05) is 20.8 Å². The Morgan fingerprint density at radius 1 is 1.09 bits per heavy atom. The molecule has 2 heterocycles. The molecular formula is C26H40F3N3O3. The average molecular weight is 500 g/mol. The van der Waals surface area contributed by atoms with Gasteiger partial charge in [-0.2, -0.15) is 13.2 Å². The first-order valence-corrected chi connectivity index (χ1v) is 12.4. The van der Waals surface area contributed by atoms with E-state index in [1.54, 1.807) is 24.1 Å². The molecule has 0 aliphatic carbocycles. The summed E-state index contributed by atoms with van der Waals surface area (Å²) in [7, 11) is 1.62. The summed E-state index contributed by atoms with van der Waals surface area (Å²) < 4.78 is 50.0. The minimum atomic E-state index is -4.34. The van der Waals surface area contributed by atoms with Gasteiger partial charge in [0, 0.05) is 51.4 Å². The average Bonchev–Trinajstić information content (AvgIpc) is 2.76. The number of carbonyl (C=O) groups is 1. The fraction of sp³-hybridized carbons (Fsp3) is 0.731. The minimum Gasteiger partial charge on any atom is -0.444 e. The van der Waals surface area contributed by atoms with Crippen LogP contribution in [0.15, 0.2) is 24.3 Å². The van der Waals surface area contributed by atoms with Crippen molar-refractivity contribution in [3.8, 4) is 0 Å². The van der Waals surface area contributed by atoms with Gasteiger partial charge < -0.3 is 14.4 Å². The zero-order valence-corrected chi connectivity index (χ0v) is 21.8. The zero-order chi connectivity index (χ0) is 26.0. The van der Waals surface area contributed by atoms with E-state index in [-0.39, 0.29) is 23.7 Å². The molecule has 2 aliphatic rings. The van der Waals surface area contributed by atoms with Crippen LogP contribution in [-0.2, 0) is 15.7 Å². The van der Waals surface area contributed by atoms with Gasteiger partial charge in [-0.1, -0.05) is 12.1 Å². The molecule has 9 heteroatoms. The third-order valence-corrected chi connectivity index (χ3v) is 7.28. The lowest BCUT2D eigenvalue weighted by Gasteiger charge is -2.52. The van der Waals surface area contributed by atoms with Gasteiger partial charge in [-0.15, -0.1) is 0 Å². The number of piperidine rings is 1. The van der Waals surface area contributed by atoms with E-state index in [0.717, 1.165) is 50.2 Å². The van der Waals surface area contributed by atoms with Crippen molar-refractivity contribution in [1.29, 1.82) is 0 Å². The van der Waals surface area contributed by atoms with E-state index in [1.165, 1.54) is 0 Å². The van der Waals surface area contributed by atoms with Crippen molar-refractivity contribution in [3.05, 3.63) is 35.4 Å². The van der Waals surface area contributed by atoms with Crippen molar-refractivity contribution < 1.29 is 27.4 Å². The van der Waals surface area contributed by atoms with Crippen LogP contribution in [0.25, 0.3) is 0 Å². The molecule has 0 radical (unpaired) electrons. The second kappa shape index (κ2) is 10.6. The first kappa shape index (κ1) is 27.7. The molecule has 6 nitrogen and oxygen atoms in total. The second-order valence-corrected chi connectivity index (χ2v) is 11.1. The smallest absolute Gasteiger partial charge is 0.416 e. The van der Waals surface area contributed by atoms with E-state index in [9.17, 15) is 18.0 Å². The molecule has 2 saturated heterocycles. The van der Waals surface area contributed by atoms with Crippen molar-refractivity contribution in [2.45, 2.75) is 76.9 Å². The number of nitrogens with zero attached hydrogens (tertiary/aromatic N) is 3. The van der Waals surface area contributed by atoms with Crippen molar-refractivity contribution >= 4 is 6.09 Å². The lowest BCUT2D eigenvalue weighted by atomic mass is 9.86. The van der Waals surface area contributed by atoms with Crippen LogP contribution in [-0.4, -0.2) is 84.4 Å². The van der Waals surface area contributed by atoms with Gasteiger partial charge in [-0.05, 0) is 65.2 Å². The SMILES string of the molecule is COCC(c1ccc(C(F)(F)F)cc1)N1CCN(C2(C)CCN(C(=O)OC(C)(C)C)CC2)CC1C. The summed E-state index contributed by atoms with van der Waals surface area (Å²) in [6.45, 7) is 14.3. The molecular weight excluding hydrogens is 459 g/mol. The highest BCUT2D eigenvalue weighted by molar-refractivity contribution is 5.68. The van der Waals surface area contributed by atoms with E-state index in [2.05, 4.69) is 23.6 Å². The third kappa shape index (κ3) is 6.89. The highest BCUT2D eigenvalue weighted by Crippen LogP contribution is 2.35. The van der Waals surface area contributed by atoms with Gasteiger partial charge in [-0.3, -0.25) is 9.80 Å². The number of halogens is 3. The number of amides is 1. The van der Waals surface area contributed by atoms with Crippen molar-refractivity contribution in [1.82, 2.24) is 14.7 Å². The molecule has 1 amide bonds. The predicted octanol–water partition coefficient (Wildman–Crippen LogP) is 5.19. The van der Waals surface area contributed by atoms with Crippen molar-refractivity contribution in [3.63, 3.8) is 0 Å². The minimum absolute atomic E-state index is 0.00995. The van der Waals surface area contributed by atoms with Gasteiger partial charge in [-0.25, -0.2) is 4.79 Å². The Balaban J connectivity index is 1.63. The van der Waals surface area contributed by atoms with Crippen LogP contribution in [0.2, 0.25) is 0 Å². The first-order valence-electron chi connectivity index (χ1n) is 12.4. The van der Waals surface area contributed by atoms with Gasteiger partial charge in [0.1, 0.15) is 5.60 Å². The number of methoxy groups -OCH3 is 1. The summed E-state index contributed by atoms with van der Waals surface area (Å²) in [5.74, 6) is 0. The Morgan fingerprint density at radius 2 is 1.69 bits per heavy atom. The van der Waals surface area contributed by atoms with E-state index in [0.29, 0.717) is 19.7 Å². The molecule has 3 rings (SSSR count). The number of piperazine rings is 1. The standard InChI is InChI=1S/C26H40F3N3O3/c1-19-17-31(25(5)11-13-30(14-12-25)23(33)35-24(2,3)4)15-16-32(19)22(18-34-6)20-7-9-21(10-8-20)26(27,28)29/h7-10,19,22H,11-18H2,1-6H3. The number of hydrogen-bond acceptors (Lipinski definition) is 5. The van der Waals surface area contributed by atoms with Gasteiger partial charge in [0.15, 0.2) is 0 Å². The maximum absolute atomic E-state index is 13.0. The summed E-state index contributed by atoms with van der Waals surface area (Å²) in [6, 6.07) is 5.53. The summed E-state index contributed by atoms with van der Waals surface area (Å²) in [5, 5.41) is 0. The Hall–Kier alpha value is -1.84. The molecule has 0 spiro atoms. The van der Waals surface area contributed by atoms with Crippen LogP contribution < -0.4 is 0 Å². The number of likely N-dealkylation sites (tertiary alicyclic amines) is 1. The highest BCUT2D eigenvalue weighted by Gasteiger charge is 2.41. The van der Waals surface area contributed by atoms with Gasteiger partial charge in [0.25, 0.3) is 0 Å². The molecule has 2 unspecified atom stereocenters. The van der Waals surface area contributed by atoms with Crippen LogP contribution in [0.5, 0.6) is 0 Å². The van der Waals surface area contributed by atoms with Gasteiger partial charge >= 0.3 is 12.3 Å². The zero-order valence-electron chi connectivity index (χ0n) is 21.8. The molecule has 0 saturated carbocycles. The van der Waals surface area contributed by atoms with Gasteiger partial charge in [0.05, 0.1) is 18.2 Å². The molecule has 0 N–H and O–H groups in total. The lowest BCUT2D eigenvalue weighted by molar-refractivity contribution is -0.137. The number of ether oxygens (including phenoxy) is 2. The maximum Gasteiger partial charge on any atom is 0.416 e. The first-order chi connectivity index (χ1) is 16.2. The number of hydrogen-bond donors (Lipinski definition) is 0. The lowest BCUT2D eigenvalue weighted by Crippen LogP contribution is -2.62. The van der Waals surface area contributed by atoms with Crippen molar-refractivity contribution in [2.24, 2.45) is 0 Å².